The van der Waals surface area contributed by atoms with Gasteiger partial charge in [-0.1, -0.05) is 6.92 Å². The Hall–Kier alpha value is -1.67. The predicted molar refractivity (Wildman–Crippen MR) is 70.1 cm³/mol. The van der Waals surface area contributed by atoms with Gasteiger partial charge in [-0.05, 0) is 6.42 Å². The molecule has 2 aromatic heterocycles. The Morgan fingerprint density at radius 1 is 1.32 bits per heavy atom. The van der Waals surface area contributed by atoms with Gasteiger partial charge in [-0.25, -0.2) is 23.1 Å². The Labute approximate surface area is 111 Å². The Morgan fingerprint density at radius 3 is 2.79 bits per heavy atom. The Balaban J connectivity index is 1.84. The van der Waals surface area contributed by atoms with Crippen molar-refractivity contribution in [3.05, 3.63) is 30.2 Å². The third kappa shape index (κ3) is 3.65. The van der Waals surface area contributed by atoms with Gasteiger partial charge in [0.1, 0.15) is 11.6 Å². The largest absolute Gasteiger partial charge is 0.349 e. The highest BCUT2D eigenvalue weighted by molar-refractivity contribution is 7.89. The molecule has 3 N–H and O–H groups in total. The number of hydrogen-bond acceptors (Lipinski definition) is 4. The van der Waals surface area contributed by atoms with E-state index in [0.29, 0.717) is 31.6 Å². The summed E-state index contributed by atoms with van der Waals surface area (Å²) in [4.78, 5) is 13.8. The molecule has 0 radical (unpaired) electrons. The van der Waals surface area contributed by atoms with Gasteiger partial charge in [-0.15, -0.1) is 0 Å². The number of imidazole rings is 2. The first-order valence-electron chi connectivity index (χ1n) is 6.13. The summed E-state index contributed by atoms with van der Waals surface area (Å²) in [5.41, 5.74) is 0. The van der Waals surface area contributed by atoms with Crippen LogP contribution >= 0.6 is 0 Å². The first kappa shape index (κ1) is 13.8. The molecule has 0 aromatic carbocycles. The standard InChI is InChI=1S/C11H17N5O2S/c1-2-9-14-8-11(16-9)19(17,18)15-5-3-4-10-12-6-7-13-10/h6-8,15H,2-5H2,1H3,(H,12,13)(H,14,16). The normalized spacial score (nSPS) is 11.8. The molecular formula is C11H17N5O2S. The van der Waals surface area contributed by atoms with E-state index in [1.165, 1.54) is 6.20 Å². The second-order valence-corrected chi connectivity index (χ2v) is 5.82. The summed E-state index contributed by atoms with van der Waals surface area (Å²) in [6.45, 7) is 2.27. The number of nitrogens with one attached hydrogen (secondary N) is 3. The van der Waals surface area contributed by atoms with Gasteiger partial charge >= 0.3 is 0 Å². The van der Waals surface area contributed by atoms with Gasteiger partial charge < -0.3 is 9.97 Å². The van der Waals surface area contributed by atoms with Crippen LogP contribution in [0.2, 0.25) is 0 Å². The lowest BCUT2D eigenvalue weighted by Crippen LogP contribution is -2.25. The van der Waals surface area contributed by atoms with E-state index < -0.39 is 10.0 Å². The molecule has 0 aliphatic heterocycles. The van der Waals surface area contributed by atoms with E-state index in [1.54, 1.807) is 12.4 Å². The SMILES string of the molecule is CCc1ncc(S(=O)(=O)NCCCc2ncc[nH]2)[nH]1. The van der Waals surface area contributed by atoms with E-state index in [-0.39, 0.29) is 5.03 Å². The highest BCUT2D eigenvalue weighted by atomic mass is 32.2. The van der Waals surface area contributed by atoms with Crippen LogP contribution in [0, 0.1) is 0 Å². The van der Waals surface area contributed by atoms with Crippen molar-refractivity contribution in [2.24, 2.45) is 0 Å². The smallest absolute Gasteiger partial charge is 0.257 e. The van der Waals surface area contributed by atoms with Crippen molar-refractivity contribution in [3.8, 4) is 0 Å². The van der Waals surface area contributed by atoms with Crippen molar-refractivity contribution in [1.82, 2.24) is 24.7 Å². The average molecular weight is 283 g/mol. The number of hydrogen-bond donors (Lipinski definition) is 3. The van der Waals surface area contributed by atoms with Crippen LogP contribution in [0.4, 0.5) is 0 Å². The molecule has 0 amide bonds. The fourth-order valence-electron chi connectivity index (χ4n) is 1.63. The molecule has 0 spiro atoms. The molecule has 0 fully saturated rings. The van der Waals surface area contributed by atoms with Gasteiger partial charge in [-0.2, -0.15) is 0 Å². The first-order valence-corrected chi connectivity index (χ1v) is 7.62. The molecule has 0 aliphatic carbocycles. The maximum absolute atomic E-state index is 11.9. The van der Waals surface area contributed by atoms with Crippen LogP contribution in [-0.2, 0) is 22.9 Å². The Morgan fingerprint density at radius 2 is 2.16 bits per heavy atom. The minimum absolute atomic E-state index is 0.113. The lowest BCUT2D eigenvalue weighted by Gasteiger charge is -2.03. The van der Waals surface area contributed by atoms with Crippen molar-refractivity contribution in [3.63, 3.8) is 0 Å². The van der Waals surface area contributed by atoms with Gasteiger partial charge in [0.2, 0.25) is 0 Å². The molecule has 2 aromatic rings. The number of aryl methyl sites for hydroxylation is 2. The zero-order valence-electron chi connectivity index (χ0n) is 10.7. The highest BCUT2D eigenvalue weighted by Gasteiger charge is 2.15. The van der Waals surface area contributed by atoms with Gasteiger partial charge in [-0.3, -0.25) is 0 Å². The number of aromatic nitrogens is 4. The maximum atomic E-state index is 11.9. The number of aromatic amines is 2. The molecule has 0 unspecified atom stereocenters. The predicted octanol–water partition coefficient (Wildman–Crippen LogP) is 0.606. The molecule has 0 saturated heterocycles. The minimum atomic E-state index is -3.49. The lowest BCUT2D eigenvalue weighted by atomic mass is 10.3. The molecule has 2 heterocycles. The van der Waals surface area contributed by atoms with Gasteiger partial charge in [0.15, 0.2) is 5.03 Å². The molecular weight excluding hydrogens is 266 g/mol. The van der Waals surface area contributed by atoms with Crippen LogP contribution in [0.25, 0.3) is 0 Å². The van der Waals surface area contributed by atoms with Crippen molar-refractivity contribution in [2.75, 3.05) is 6.54 Å². The van der Waals surface area contributed by atoms with E-state index >= 15 is 0 Å². The van der Waals surface area contributed by atoms with Crippen LogP contribution in [0.3, 0.4) is 0 Å². The van der Waals surface area contributed by atoms with Gasteiger partial charge in [0.25, 0.3) is 10.0 Å². The third-order valence-corrected chi connectivity index (χ3v) is 4.04. The van der Waals surface area contributed by atoms with Crippen molar-refractivity contribution in [1.29, 1.82) is 0 Å². The van der Waals surface area contributed by atoms with E-state index in [1.807, 2.05) is 6.92 Å². The van der Waals surface area contributed by atoms with E-state index in [9.17, 15) is 8.42 Å². The number of rotatable bonds is 7. The molecule has 8 heteroatoms. The lowest BCUT2D eigenvalue weighted by molar-refractivity contribution is 0.575. The number of nitrogens with zero attached hydrogens (tertiary/aromatic N) is 2. The van der Waals surface area contributed by atoms with Gasteiger partial charge in [0.05, 0.1) is 6.20 Å². The number of H-pyrrole nitrogens is 2. The fraction of sp³-hybridized carbons (Fsp3) is 0.455. The van der Waals surface area contributed by atoms with Crippen LogP contribution < -0.4 is 4.72 Å². The summed E-state index contributed by atoms with van der Waals surface area (Å²) in [5, 5.41) is 0.113. The second kappa shape index (κ2) is 5.98. The quantitative estimate of drug-likeness (QED) is 0.647. The second-order valence-electron chi connectivity index (χ2n) is 4.08. The van der Waals surface area contributed by atoms with E-state index in [4.69, 9.17) is 0 Å². The zero-order chi connectivity index (χ0) is 13.7. The Kier molecular flexibility index (Phi) is 4.33. The maximum Gasteiger partial charge on any atom is 0.257 e. The molecule has 0 aliphatic rings. The summed E-state index contributed by atoms with van der Waals surface area (Å²) in [6, 6.07) is 0. The monoisotopic (exact) mass is 283 g/mol. The molecule has 19 heavy (non-hydrogen) atoms. The zero-order valence-corrected chi connectivity index (χ0v) is 11.5. The summed E-state index contributed by atoms with van der Waals surface area (Å²) in [7, 11) is -3.49. The van der Waals surface area contributed by atoms with Crippen LogP contribution in [0.15, 0.2) is 23.6 Å². The van der Waals surface area contributed by atoms with Crippen LogP contribution in [0.1, 0.15) is 25.0 Å². The molecule has 0 saturated carbocycles. The van der Waals surface area contributed by atoms with Crippen molar-refractivity contribution >= 4 is 10.0 Å². The molecule has 104 valence electrons. The molecule has 7 nitrogen and oxygen atoms in total. The molecule has 0 atom stereocenters. The average Bonchev–Trinajstić information content (AvgIpc) is 3.05. The van der Waals surface area contributed by atoms with Crippen LogP contribution in [-0.4, -0.2) is 34.9 Å². The van der Waals surface area contributed by atoms with E-state index in [0.717, 1.165) is 5.82 Å². The fourth-order valence-corrected chi connectivity index (χ4v) is 2.65. The van der Waals surface area contributed by atoms with Gasteiger partial charge in [0, 0.05) is 31.8 Å². The summed E-state index contributed by atoms with van der Waals surface area (Å²) in [5.74, 6) is 1.52. The van der Waals surface area contributed by atoms with Crippen molar-refractivity contribution < 1.29 is 8.42 Å². The Bertz CT molecular complexity index is 603. The summed E-state index contributed by atoms with van der Waals surface area (Å²) < 4.78 is 26.4. The number of sulfonamides is 1. The van der Waals surface area contributed by atoms with Crippen LogP contribution in [0.5, 0.6) is 0 Å². The minimum Gasteiger partial charge on any atom is -0.349 e. The molecule has 2 rings (SSSR count). The topological polar surface area (TPSA) is 104 Å². The first-order chi connectivity index (χ1) is 9.12. The van der Waals surface area contributed by atoms with Crippen molar-refractivity contribution in [2.45, 2.75) is 31.2 Å². The summed E-state index contributed by atoms with van der Waals surface area (Å²) >= 11 is 0. The highest BCUT2D eigenvalue weighted by Crippen LogP contribution is 2.06. The van der Waals surface area contributed by atoms with E-state index in [2.05, 4.69) is 24.7 Å². The molecule has 0 bridgehead atoms. The summed E-state index contributed by atoms with van der Waals surface area (Å²) in [6.07, 6.45) is 6.83. The third-order valence-electron chi connectivity index (χ3n) is 2.67.